The van der Waals surface area contributed by atoms with Gasteiger partial charge in [0.05, 0.1) is 5.25 Å². The molecule has 1 aliphatic heterocycles. The minimum atomic E-state index is -3.22. The fraction of sp³-hybridized carbons (Fsp3) is 0.375. The summed E-state index contributed by atoms with van der Waals surface area (Å²) in [7, 11) is -3.22. The van der Waals surface area contributed by atoms with E-state index in [9.17, 15) is 8.42 Å². The molecule has 1 atom stereocenters. The van der Waals surface area contributed by atoms with E-state index < -0.39 is 15.3 Å². The van der Waals surface area contributed by atoms with Gasteiger partial charge in [-0.3, -0.25) is 0 Å². The topological polar surface area (TPSA) is 40.6 Å². The predicted molar refractivity (Wildman–Crippen MR) is 85.8 cm³/mol. The van der Waals surface area contributed by atoms with Gasteiger partial charge in [-0.1, -0.05) is 42.5 Å². The Bertz CT molecular complexity index is 630. The van der Waals surface area contributed by atoms with Crippen molar-refractivity contribution in [1.82, 2.24) is 4.31 Å². The molecule has 0 radical (unpaired) electrons. The van der Waals surface area contributed by atoms with E-state index >= 15 is 0 Å². The number of rotatable bonds is 3. The van der Waals surface area contributed by atoms with Crippen LogP contribution in [0.4, 0.5) is 5.69 Å². The summed E-state index contributed by atoms with van der Waals surface area (Å²) in [5.74, 6) is 0. The summed E-state index contributed by atoms with van der Waals surface area (Å²) < 4.78 is 26.9. The van der Waals surface area contributed by atoms with E-state index in [1.165, 1.54) is 0 Å². The standard InChI is InChI=1S/C16H20N2O2S/c19-21(20,16-9-5-2-6-10-16)18-13-11-17(12-14-18)15-7-3-1-4-8-15/h1-9,16H,10-14H2. The Labute approximate surface area is 126 Å². The van der Waals surface area contributed by atoms with Crippen molar-refractivity contribution in [3.05, 3.63) is 54.6 Å². The van der Waals surface area contributed by atoms with Crippen LogP contribution < -0.4 is 4.90 Å². The van der Waals surface area contributed by atoms with E-state index in [1.807, 2.05) is 36.4 Å². The largest absolute Gasteiger partial charge is 0.369 e. The van der Waals surface area contributed by atoms with Crippen LogP contribution in [0.2, 0.25) is 0 Å². The Balaban J connectivity index is 1.65. The van der Waals surface area contributed by atoms with E-state index in [0.29, 0.717) is 19.5 Å². The van der Waals surface area contributed by atoms with Gasteiger partial charge in [0.15, 0.2) is 0 Å². The van der Waals surface area contributed by atoms with Crippen molar-refractivity contribution >= 4 is 15.7 Å². The first-order valence-electron chi connectivity index (χ1n) is 7.30. The molecule has 1 aromatic rings. The minimum Gasteiger partial charge on any atom is -0.369 e. The third-order valence-corrected chi connectivity index (χ3v) is 6.24. The lowest BCUT2D eigenvalue weighted by Crippen LogP contribution is -2.51. The highest BCUT2D eigenvalue weighted by atomic mass is 32.2. The van der Waals surface area contributed by atoms with Crippen LogP contribution in [-0.2, 0) is 10.0 Å². The molecule has 4 nitrogen and oxygen atoms in total. The van der Waals surface area contributed by atoms with Crippen LogP contribution in [0.15, 0.2) is 54.6 Å². The van der Waals surface area contributed by atoms with Crippen molar-refractivity contribution < 1.29 is 8.42 Å². The van der Waals surface area contributed by atoms with Crippen LogP contribution in [0.3, 0.4) is 0 Å². The molecule has 0 N–H and O–H groups in total. The SMILES string of the molecule is O=S(=O)(C1C=CC=CC1)N1CCN(c2ccccc2)CC1. The molecule has 0 aromatic heterocycles. The van der Waals surface area contributed by atoms with Crippen molar-refractivity contribution in [2.24, 2.45) is 0 Å². The maximum absolute atomic E-state index is 12.6. The Kier molecular flexibility index (Phi) is 4.12. The molecule has 1 unspecified atom stereocenters. The van der Waals surface area contributed by atoms with Crippen molar-refractivity contribution in [3.8, 4) is 0 Å². The van der Waals surface area contributed by atoms with E-state index in [4.69, 9.17) is 0 Å². The highest BCUT2D eigenvalue weighted by molar-refractivity contribution is 7.89. The third-order valence-electron chi connectivity index (χ3n) is 4.04. The average Bonchev–Trinajstić information content (AvgIpc) is 2.57. The second kappa shape index (κ2) is 6.03. The van der Waals surface area contributed by atoms with Crippen molar-refractivity contribution in [1.29, 1.82) is 0 Å². The van der Waals surface area contributed by atoms with Gasteiger partial charge < -0.3 is 4.90 Å². The van der Waals surface area contributed by atoms with Gasteiger partial charge in [0.25, 0.3) is 0 Å². The first kappa shape index (κ1) is 14.4. The highest BCUT2D eigenvalue weighted by Gasteiger charge is 2.32. The number of hydrogen-bond acceptors (Lipinski definition) is 3. The normalized spacial score (nSPS) is 23.4. The molecule has 2 aliphatic rings. The predicted octanol–water partition coefficient (Wildman–Crippen LogP) is 2.02. The molecule has 1 heterocycles. The van der Waals surface area contributed by atoms with Crippen LogP contribution in [0.25, 0.3) is 0 Å². The Morgan fingerprint density at radius 2 is 1.67 bits per heavy atom. The van der Waals surface area contributed by atoms with Crippen molar-refractivity contribution in [3.63, 3.8) is 0 Å². The molecule has 0 saturated carbocycles. The molecule has 21 heavy (non-hydrogen) atoms. The maximum atomic E-state index is 12.6. The summed E-state index contributed by atoms with van der Waals surface area (Å²) >= 11 is 0. The fourth-order valence-electron chi connectivity index (χ4n) is 2.81. The molecular weight excluding hydrogens is 284 g/mol. The fourth-order valence-corrected chi connectivity index (χ4v) is 4.51. The smallest absolute Gasteiger partial charge is 0.221 e. The summed E-state index contributed by atoms with van der Waals surface area (Å²) in [5, 5.41) is -0.397. The molecule has 112 valence electrons. The van der Waals surface area contributed by atoms with Crippen LogP contribution in [0, 0.1) is 0 Å². The molecule has 0 bridgehead atoms. The number of allylic oxidation sites excluding steroid dienone is 3. The van der Waals surface area contributed by atoms with Crippen LogP contribution in [0.1, 0.15) is 6.42 Å². The quantitative estimate of drug-likeness (QED) is 0.858. The second-order valence-corrected chi connectivity index (χ2v) is 7.51. The lowest BCUT2D eigenvalue weighted by Gasteiger charge is -2.36. The van der Waals surface area contributed by atoms with Gasteiger partial charge in [-0.2, -0.15) is 4.31 Å². The van der Waals surface area contributed by atoms with E-state index in [1.54, 1.807) is 10.4 Å². The van der Waals surface area contributed by atoms with Gasteiger partial charge in [0.1, 0.15) is 0 Å². The van der Waals surface area contributed by atoms with Crippen LogP contribution >= 0.6 is 0 Å². The molecule has 0 spiro atoms. The molecule has 5 heteroatoms. The molecule has 0 amide bonds. The Morgan fingerprint density at radius 3 is 2.29 bits per heavy atom. The third kappa shape index (κ3) is 3.04. The number of piperazine rings is 1. The molecule has 3 rings (SSSR count). The summed E-state index contributed by atoms with van der Waals surface area (Å²) in [4.78, 5) is 2.24. The molecule has 1 aromatic carbocycles. The summed E-state index contributed by atoms with van der Waals surface area (Å²) in [6, 6.07) is 10.2. The minimum absolute atomic E-state index is 0.397. The summed E-state index contributed by atoms with van der Waals surface area (Å²) in [6.45, 7) is 2.61. The van der Waals surface area contributed by atoms with Gasteiger partial charge >= 0.3 is 0 Å². The zero-order valence-corrected chi connectivity index (χ0v) is 12.7. The van der Waals surface area contributed by atoms with E-state index in [2.05, 4.69) is 17.0 Å². The first-order valence-corrected chi connectivity index (χ1v) is 8.80. The van der Waals surface area contributed by atoms with Gasteiger partial charge in [-0.15, -0.1) is 0 Å². The second-order valence-electron chi connectivity index (χ2n) is 5.35. The molecular formula is C16H20N2O2S. The Morgan fingerprint density at radius 1 is 0.952 bits per heavy atom. The summed E-state index contributed by atoms with van der Waals surface area (Å²) in [6.07, 6.45) is 8.02. The zero-order valence-electron chi connectivity index (χ0n) is 11.9. The molecule has 1 aliphatic carbocycles. The van der Waals surface area contributed by atoms with Gasteiger partial charge in [-0.05, 0) is 18.6 Å². The zero-order chi connectivity index (χ0) is 14.7. The number of sulfonamides is 1. The highest BCUT2D eigenvalue weighted by Crippen LogP contribution is 2.21. The Hall–Kier alpha value is -1.59. The lowest BCUT2D eigenvalue weighted by atomic mass is 10.2. The van der Waals surface area contributed by atoms with Crippen molar-refractivity contribution in [2.45, 2.75) is 11.7 Å². The van der Waals surface area contributed by atoms with Gasteiger partial charge in [0, 0.05) is 31.9 Å². The van der Waals surface area contributed by atoms with Crippen LogP contribution in [-0.4, -0.2) is 44.2 Å². The van der Waals surface area contributed by atoms with E-state index in [0.717, 1.165) is 18.8 Å². The summed E-state index contributed by atoms with van der Waals surface area (Å²) in [5.41, 5.74) is 1.16. The van der Waals surface area contributed by atoms with Crippen LogP contribution in [0.5, 0.6) is 0 Å². The molecule has 1 fully saturated rings. The first-order chi connectivity index (χ1) is 10.2. The molecule has 1 saturated heterocycles. The average molecular weight is 304 g/mol. The number of anilines is 1. The lowest BCUT2D eigenvalue weighted by molar-refractivity contribution is 0.381. The number of hydrogen-bond donors (Lipinski definition) is 0. The maximum Gasteiger partial charge on any atom is 0.221 e. The number of nitrogens with zero attached hydrogens (tertiary/aromatic N) is 2. The number of benzene rings is 1. The monoisotopic (exact) mass is 304 g/mol. The van der Waals surface area contributed by atoms with Gasteiger partial charge in [-0.25, -0.2) is 8.42 Å². The van der Waals surface area contributed by atoms with E-state index in [-0.39, 0.29) is 0 Å². The van der Waals surface area contributed by atoms with Gasteiger partial charge in [0.2, 0.25) is 10.0 Å². The number of para-hydroxylation sites is 1. The van der Waals surface area contributed by atoms with Crippen molar-refractivity contribution in [2.75, 3.05) is 31.1 Å².